The number of nitrogens with two attached hydrogens (primary N) is 1. The predicted octanol–water partition coefficient (Wildman–Crippen LogP) is 3.41. The second kappa shape index (κ2) is 9.93. The molecule has 1 aromatic heterocycles. The van der Waals surface area contributed by atoms with Crippen molar-refractivity contribution in [3.8, 4) is 0 Å². The van der Waals surface area contributed by atoms with E-state index in [9.17, 15) is 26.4 Å². The van der Waals surface area contributed by atoms with E-state index in [0.717, 1.165) is 6.07 Å². The average Bonchev–Trinajstić information content (AvgIpc) is 2.74. The molecule has 8 nitrogen and oxygen atoms in total. The number of nitrogens with one attached hydrogen (secondary N) is 3. The standard InChI is InChI=1S/C20H17F3IN5O3S/c1-26-33(31,32)29-16-7-10(4-5-27-16)6-11-8-13(20(25)30)19(18(23)17(11)22)28-15-3-2-12(24)9-14(15)21/h2-5,7-9,26,28H,6H2,1H3,(H2,25,30)(H,27,29). The highest BCUT2D eigenvalue weighted by molar-refractivity contribution is 14.1. The Labute approximate surface area is 201 Å². The quantitative estimate of drug-likeness (QED) is 0.299. The minimum absolute atomic E-state index is 0.0506. The third-order valence-electron chi connectivity index (χ3n) is 4.46. The molecule has 0 aliphatic heterocycles. The van der Waals surface area contributed by atoms with Crippen LogP contribution < -0.4 is 20.5 Å². The SMILES string of the molecule is CNS(=O)(=O)Nc1cc(Cc2cc(C(N)=O)c(Nc3ccc(I)cc3F)c(F)c2F)ccn1. The molecule has 0 atom stereocenters. The summed E-state index contributed by atoms with van der Waals surface area (Å²) in [4.78, 5) is 15.8. The number of amides is 1. The molecular weight excluding hydrogens is 574 g/mol. The molecule has 0 aliphatic rings. The summed E-state index contributed by atoms with van der Waals surface area (Å²) in [6, 6.07) is 7.89. The van der Waals surface area contributed by atoms with E-state index in [2.05, 4.69) is 19.7 Å². The van der Waals surface area contributed by atoms with Crippen molar-refractivity contribution in [2.24, 2.45) is 5.73 Å². The molecule has 0 spiro atoms. The average molecular weight is 591 g/mol. The third-order valence-corrected chi connectivity index (χ3v) is 6.15. The fourth-order valence-electron chi connectivity index (χ4n) is 2.90. The Kier molecular flexibility index (Phi) is 7.44. The first-order valence-corrected chi connectivity index (χ1v) is 11.8. The van der Waals surface area contributed by atoms with Gasteiger partial charge in [0.25, 0.3) is 16.1 Å². The zero-order valence-electron chi connectivity index (χ0n) is 16.9. The van der Waals surface area contributed by atoms with Gasteiger partial charge in [-0.3, -0.25) is 9.52 Å². The number of benzene rings is 2. The summed E-state index contributed by atoms with van der Waals surface area (Å²) in [6.45, 7) is 0. The van der Waals surface area contributed by atoms with E-state index in [0.29, 0.717) is 9.13 Å². The van der Waals surface area contributed by atoms with E-state index in [4.69, 9.17) is 5.73 Å². The molecule has 0 saturated heterocycles. The molecule has 0 fully saturated rings. The molecule has 13 heteroatoms. The Balaban J connectivity index is 1.99. The number of halogens is 4. The maximum absolute atomic E-state index is 14.9. The van der Waals surface area contributed by atoms with E-state index in [1.807, 2.05) is 22.6 Å². The summed E-state index contributed by atoms with van der Waals surface area (Å²) in [6.07, 6.45) is 1.07. The van der Waals surface area contributed by atoms with Crippen molar-refractivity contribution in [2.45, 2.75) is 6.42 Å². The van der Waals surface area contributed by atoms with Crippen molar-refractivity contribution in [2.75, 3.05) is 17.1 Å². The maximum Gasteiger partial charge on any atom is 0.300 e. The first-order valence-electron chi connectivity index (χ1n) is 9.19. The van der Waals surface area contributed by atoms with Gasteiger partial charge in [-0.1, -0.05) is 0 Å². The van der Waals surface area contributed by atoms with Crippen LogP contribution in [0.1, 0.15) is 21.5 Å². The normalized spacial score (nSPS) is 11.3. The van der Waals surface area contributed by atoms with Crippen LogP contribution >= 0.6 is 22.6 Å². The van der Waals surface area contributed by atoms with Gasteiger partial charge in [-0.2, -0.15) is 8.42 Å². The highest BCUT2D eigenvalue weighted by Gasteiger charge is 2.23. The van der Waals surface area contributed by atoms with Gasteiger partial charge in [0.05, 0.1) is 16.9 Å². The van der Waals surface area contributed by atoms with Crippen LogP contribution in [0, 0.1) is 21.0 Å². The highest BCUT2D eigenvalue weighted by atomic mass is 127. The van der Waals surface area contributed by atoms with Crippen LogP contribution in [0.25, 0.3) is 0 Å². The maximum atomic E-state index is 14.9. The summed E-state index contributed by atoms with van der Waals surface area (Å²) < 4.78 is 72.1. The first-order chi connectivity index (χ1) is 15.5. The van der Waals surface area contributed by atoms with E-state index in [1.165, 1.54) is 37.5 Å². The van der Waals surface area contributed by atoms with Gasteiger partial charge in [-0.15, -0.1) is 0 Å². The molecule has 1 heterocycles. The van der Waals surface area contributed by atoms with Crippen LogP contribution in [0.2, 0.25) is 0 Å². The second-order valence-corrected chi connectivity index (χ2v) is 9.60. The number of nitrogens with zero attached hydrogens (tertiary/aromatic N) is 1. The molecule has 0 bridgehead atoms. The molecule has 33 heavy (non-hydrogen) atoms. The van der Waals surface area contributed by atoms with E-state index >= 15 is 0 Å². The van der Waals surface area contributed by atoms with Crippen LogP contribution in [0.15, 0.2) is 42.6 Å². The van der Waals surface area contributed by atoms with Gasteiger partial charge in [-0.05, 0) is 70.1 Å². The smallest absolute Gasteiger partial charge is 0.300 e. The fourth-order valence-corrected chi connectivity index (χ4v) is 3.84. The lowest BCUT2D eigenvalue weighted by Crippen LogP contribution is -2.26. The Bertz CT molecular complexity index is 1340. The Morgan fingerprint density at radius 2 is 1.85 bits per heavy atom. The first kappa shape index (κ1) is 24.7. The van der Waals surface area contributed by atoms with Crippen molar-refractivity contribution >= 4 is 55.9 Å². The zero-order valence-corrected chi connectivity index (χ0v) is 19.9. The molecular formula is C20H17F3IN5O3S. The Hall–Kier alpha value is -2.91. The van der Waals surface area contributed by atoms with E-state index < -0.39 is 39.3 Å². The van der Waals surface area contributed by atoms with Crippen LogP contribution in [0.3, 0.4) is 0 Å². The zero-order chi connectivity index (χ0) is 24.3. The Morgan fingerprint density at radius 3 is 2.48 bits per heavy atom. The van der Waals surface area contributed by atoms with Crippen molar-refractivity contribution in [1.29, 1.82) is 0 Å². The second-order valence-electron chi connectivity index (χ2n) is 6.74. The number of hydrogen-bond acceptors (Lipinski definition) is 5. The van der Waals surface area contributed by atoms with Gasteiger partial charge in [-0.25, -0.2) is 22.9 Å². The monoisotopic (exact) mass is 591 g/mol. The lowest BCUT2D eigenvalue weighted by atomic mass is 10.00. The molecule has 0 unspecified atom stereocenters. The highest BCUT2D eigenvalue weighted by Crippen LogP contribution is 2.31. The van der Waals surface area contributed by atoms with Crippen molar-refractivity contribution in [3.63, 3.8) is 0 Å². The van der Waals surface area contributed by atoms with Gasteiger partial charge in [0.15, 0.2) is 11.6 Å². The van der Waals surface area contributed by atoms with Crippen LogP contribution in [0.4, 0.5) is 30.4 Å². The Morgan fingerprint density at radius 1 is 1.12 bits per heavy atom. The number of primary amides is 1. The minimum atomic E-state index is -3.83. The third kappa shape index (κ3) is 5.91. The molecule has 2 aromatic carbocycles. The van der Waals surface area contributed by atoms with E-state index in [-0.39, 0.29) is 29.1 Å². The summed E-state index contributed by atoms with van der Waals surface area (Å²) >= 11 is 1.89. The number of carbonyl (C=O) groups excluding carboxylic acids is 1. The van der Waals surface area contributed by atoms with E-state index in [1.54, 1.807) is 6.07 Å². The van der Waals surface area contributed by atoms with Crippen LogP contribution in [0.5, 0.6) is 0 Å². The van der Waals surface area contributed by atoms with Gasteiger partial charge in [0, 0.05) is 23.2 Å². The summed E-state index contributed by atoms with van der Waals surface area (Å²) in [5.41, 5.74) is 4.37. The largest absolute Gasteiger partial charge is 0.366 e. The number of anilines is 3. The lowest BCUT2D eigenvalue weighted by molar-refractivity contribution is 0.100. The molecule has 1 amide bonds. The number of aromatic nitrogens is 1. The molecule has 3 rings (SSSR count). The lowest BCUT2D eigenvalue weighted by Gasteiger charge is -2.15. The van der Waals surface area contributed by atoms with Gasteiger partial charge in [0.1, 0.15) is 11.6 Å². The summed E-state index contributed by atoms with van der Waals surface area (Å²) in [5.74, 6) is -4.52. The molecule has 0 saturated carbocycles. The topological polar surface area (TPSA) is 126 Å². The molecule has 3 aromatic rings. The molecule has 0 aliphatic carbocycles. The number of rotatable bonds is 8. The van der Waals surface area contributed by atoms with Gasteiger partial charge < -0.3 is 11.1 Å². The van der Waals surface area contributed by atoms with Crippen LogP contribution in [-0.4, -0.2) is 26.4 Å². The van der Waals surface area contributed by atoms with Gasteiger partial charge >= 0.3 is 0 Å². The number of carbonyl (C=O) groups is 1. The fraction of sp³-hybridized carbons (Fsp3) is 0.100. The van der Waals surface area contributed by atoms with Gasteiger partial charge in [0.2, 0.25) is 0 Å². The number of hydrogen-bond donors (Lipinski definition) is 4. The van der Waals surface area contributed by atoms with Crippen molar-refractivity contribution < 1.29 is 26.4 Å². The molecule has 174 valence electrons. The molecule has 0 radical (unpaired) electrons. The summed E-state index contributed by atoms with van der Waals surface area (Å²) in [7, 11) is -2.63. The molecule has 5 N–H and O–H groups in total. The van der Waals surface area contributed by atoms with Crippen LogP contribution in [-0.2, 0) is 16.6 Å². The number of pyridine rings is 1. The predicted molar refractivity (Wildman–Crippen MR) is 126 cm³/mol. The van der Waals surface area contributed by atoms with Crippen molar-refractivity contribution in [1.82, 2.24) is 9.71 Å². The van der Waals surface area contributed by atoms with Crippen molar-refractivity contribution in [3.05, 3.63) is 80.3 Å². The summed E-state index contributed by atoms with van der Waals surface area (Å²) in [5, 5.41) is 2.40. The minimum Gasteiger partial charge on any atom is -0.366 e.